The smallest absolute Gasteiger partial charge is 0.240 e. The van der Waals surface area contributed by atoms with Gasteiger partial charge in [0, 0.05) is 12.6 Å². The van der Waals surface area contributed by atoms with Crippen molar-refractivity contribution in [3.63, 3.8) is 0 Å². The third kappa shape index (κ3) is 3.69. The number of aliphatic hydroxyl groups is 1. The van der Waals surface area contributed by atoms with Crippen LogP contribution in [0.15, 0.2) is 0 Å². The van der Waals surface area contributed by atoms with Crippen LogP contribution in [-0.2, 0) is 4.79 Å². The molecular weight excluding hydrogens is 240 g/mol. The van der Waals surface area contributed by atoms with Gasteiger partial charge in [-0.3, -0.25) is 4.79 Å². The van der Waals surface area contributed by atoms with Crippen molar-refractivity contribution in [1.29, 1.82) is 0 Å². The molecule has 2 fully saturated rings. The van der Waals surface area contributed by atoms with Crippen molar-refractivity contribution >= 4 is 5.91 Å². The molecule has 1 saturated heterocycles. The Morgan fingerprint density at radius 2 is 1.89 bits per heavy atom. The van der Waals surface area contributed by atoms with Crippen LogP contribution in [0.3, 0.4) is 0 Å². The minimum Gasteiger partial charge on any atom is -0.391 e. The average molecular weight is 268 g/mol. The minimum absolute atomic E-state index is 0.0479. The Labute approximate surface area is 116 Å². The fraction of sp³-hybridized carbons (Fsp3) is 0.933. The van der Waals surface area contributed by atoms with Gasteiger partial charge in [0.1, 0.15) is 0 Å². The van der Waals surface area contributed by atoms with Crippen molar-refractivity contribution in [2.75, 3.05) is 6.54 Å². The van der Waals surface area contributed by atoms with Gasteiger partial charge in [0.15, 0.2) is 0 Å². The van der Waals surface area contributed by atoms with Crippen LogP contribution < -0.4 is 5.32 Å². The zero-order valence-electron chi connectivity index (χ0n) is 12.3. The number of carbonyl (C=O) groups excluding carboxylic acids is 1. The predicted octanol–water partition coefficient (Wildman–Crippen LogP) is 1.67. The molecule has 2 rings (SSSR count). The number of aliphatic hydroxyl groups excluding tert-OH is 1. The van der Waals surface area contributed by atoms with Crippen LogP contribution in [0.25, 0.3) is 0 Å². The molecule has 0 radical (unpaired) electrons. The Morgan fingerprint density at radius 1 is 1.16 bits per heavy atom. The number of rotatable bonds is 3. The van der Waals surface area contributed by atoms with Crippen molar-refractivity contribution in [2.45, 2.75) is 83.0 Å². The first kappa shape index (κ1) is 14.8. The van der Waals surface area contributed by atoms with Crippen LogP contribution in [0.2, 0.25) is 0 Å². The second-order valence-corrected chi connectivity index (χ2v) is 6.32. The summed E-state index contributed by atoms with van der Waals surface area (Å²) in [5, 5.41) is 13.6. The van der Waals surface area contributed by atoms with Gasteiger partial charge in [-0.15, -0.1) is 0 Å². The fourth-order valence-corrected chi connectivity index (χ4v) is 3.42. The zero-order chi connectivity index (χ0) is 13.8. The van der Waals surface area contributed by atoms with Crippen LogP contribution in [0.5, 0.6) is 0 Å². The molecule has 0 aromatic carbocycles. The van der Waals surface area contributed by atoms with Gasteiger partial charge in [0.2, 0.25) is 5.91 Å². The first-order chi connectivity index (χ1) is 9.09. The van der Waals surface area contributed by atoms with Crippen LogP contribution in [0.1, 0.15) is 58.8 Å². The molecule has 0 spiro atoms. The molecule has 110 valence electrons. The summed E-state index contributed by atoms with van der Waals surface area (Å²) in [6, 6.07) is 0.323. The average Bonchev–Trinajstić information content (AvgIpc) is 2.56. The number of piperidine rings is 1. The second-order valence-electron chi connectivity index (χ2n) is 6.32. The molecule has 3 unspecified atom stereocenters. The van der Waals surface area contributed by atoms with Crippen molar-refractivity contribution in [1.82, 2.24) is 10.2 Å². The van der Waals surface area contributed by atoms with Gasteiger partial charge in [0.05, 0.1) is 18.2 Å². The van der Waals surface area contributed by atoms with Crippen molar-refractivity contribution < 1.29 is 9.90 Å². The van der Waals surface area contributed by atoms with Crippen LogP contribution in [-0.4, -0.2) is 46.7 Å². The van der Waals surface area contributed by atoms with Crippen LogP contribution in [0, 0.1) is 0 Å². The normalized spacial score (nSPS) is 33.6. The van der Waals surface area contributed by atoms with Crippen LogP contribution >= 0.6 is 0 Å². The van der Waals surface area contributed by atoms with Gasteiger partial charge in [-0.25, -0.2) is 0 Å². The molecule has 4 nitrogen and oxygen atoms in total. The molecular formula is C15H28N2O2. The van der Waals surface area contributed by atoms with E-state index >= 15 is 0 Å². The number of nitrogens with one attached hydrogen (secondary N) is 1. The second kappa shape index (κ2) is 6.71. The summed E-state index contributed by atoms with van der Waals surface area (Å²) < 4.78 is 0. The molecule has 0 aromatic rings. The highest BCUT2D eigenvalue weighted by atomic mass is 16.3. The summed E-state index contributed by atoms with van der Waals surface area (Å²) in [6.07, 6.45) is 6.85. The zero-order valence-corrected chi connectivity index (χ0v) is 12.3. The number of carbonyl (C=O) groups is 1. The Balaban J connectivity index is 2.03. The summed E-state index contributed by atoms with van der Waals surface area (Å²) in [5.74, 6) is 0.200. The third-order valence-electron chi connectivity index (χ3n) is 4.35. The van der Waals surface area contributed by atoms with Gasteiger partial charge in [-0.05, 0) is 25.7 Å². The first-order valence-electron chi connectivity index (χ1n) is 7.84. The van der Waals surface area contributed by atoms with E-state index in [9.17, 15) is 9.90 Å². The highest BCUT2D eigenvalue weighted by Gasteiger charge is 2.36. The Bertz CT molecular complexity index is 307. The topological polar surface area (TPSA) is 52.6 Å². The first-order valence-corrected chi connectivity index (χ1v) is 7.84. The van der Waals surface area contributed by atoms with E-state index < -0.39 is 0 Å². The molecule has 1 aliphatic heterocycles. The van der Waals surface area contributed by atoms with E-state index in [-0.39, 0.29) is 24.1 Å². The lowest BCUT2D eigenvalue weighted by atomic mass is 9.97. The number of nitrogens with zero attached hydrogens (tertiary/aromatic N) is 1. The molecule has 3 atom stereocenters. The monoisotopic (exact) mass is 268 g/mol. The molecule has 2 N–H and O–H groups in total. The standard InChI is InChI=1S/C15H28N2O2/c1-11(2)16-12-7-6-10-17(15(12)19)13-8-4-3-5-9-14(13)18/h11-14,16,18H,3-10H2,1-2H3. The molecule has 0 aromatic heterocycles. The van der Waals surface area contributed by atoms with E-state index in [1.54, 1.807) is 0 Å². The van der Waals surface area contributed by atoms with E-state index in [1.165, 1.54) is 6.42 Å². The van der Waals surface area contributed by atoms with Crippen molar-refractivity contribution in [3.8, 4) is 0 Å². The van der Waals surface area contributed by atoms with E-state index in [2.05, 4.69) is 19.2 Å². The number of hydrogen-bond donors (Lipinski definition) is 2. The Morgan fingerprint density at radius 3 is 2.63 bits per heavy atom. The Hall–Kier alpha value is -0.610. The van der Waals surface area contributed by atoms with Crippen LogP contribution in [0.4, 0.5) is 0 Å². The number of amides is 1. The fourth-order valence-electron chi connectivity index (χ4n) is 3.42. The highest BCUT2D eigenvalue weighted by Crippen LogP contribution is 2.26. The van der Waals surface area contributed by atoms with Crippen molar-refractivity contribution in [2.24, 2.45) is 0 Å². The Kier molecular flexibility index (Phi) is 5.22. The quantitative estimate of drug-likeness (QED) is 0.766. The van der Waals surface area contributed by atoms with Crippen molar-refractivity contribution in [3.05, 3.63) is 0 Å². The number of likely N-dealkylation sites (tertiary alicyclic amines) is 1. The summed E-state index contributed by atoms with van der Waals surface area (Å²) in [4.78, 5) is 14.5. The molecule has 2 aliphatic rings. The summed E-state index contributed by atoms with van der Waals surface area (Å²) >= 11 is 0. The number of hydrogen-bond acceptors (Lipinski definition) is 3. The lowest BCUT2D eigenvalue weighted by molar-refractivity contribution is -0.141. The SMILES string of the molecule is CC(C)NC1CCCN(C2CCCCCC2O)C1=O. The van der Waals surface area contributed by atoms with Gasteiger partial charge >= 0.3 is 0 Å². The molecule has 19 heavy (non-hydrogen) atoms. The van der Waals surface area contributed by atoms with E-state index in [0.29, 0.717) is 6.04 Å². The summed E-state index contributed by atoms with van der Waals surface area (Å²) in [6.45, 7) is 4.97. The molecule has 4 heteroatoms. The lowest BCUT2D eigenvalue weighted by Gasteiger charge is -2.40. The molecule has 1 heterocycles. The molecule has 1 amide bonds. The lowest BCUT2D eigenvalue weighted by Crippen LogP contribution is -2.57. The third-order valence-corrected chi connectivity index (χ3v) is 4.35. The molecule has 1 aliphatic carbocycles. The van der Waals surface area contributed by atoms with Gasteiger partial charge < -0.3 is 15.3 Å². The van der Waals surface area contributed by atoms with E-state index in [0.717, 1.165) is 45.1 Å². The summed E-state index contributed by atoms with van der Waals surface area (Å²) in [5.41, 5.74) is 0. The van der Waals surface area contributed by atoms with Gasteiger partial charge in [-0.2, -0.15) is 0 Å². The molecule has 0 bridgehead atoms. The van der Waals surface area contributed by atoms with E-state index in [1.807, 2.05) is 4.90 Å². The maximum Gasteiger partial charge on any atom is 0.240 e. The maximum atomic E-state index is 12.6. The maximum absolute atomic E-state index is 12.6. The molecule has 1 saturated carbocycles. The largest absolute Gasteiger partial charge is 0.391 e. The minimum atomic E-state index is -0.329. The predicted molar refractivity (Wildman–Crippen MR) is 75.9 cm³/mol. The van der Waals surface area contributed by atoms with Gasteiger partial charge in [0.25, 0.3) is 0 Å². The van der Waals surface area contributed by atoms with E-state index in [4.69, 9.17) is 0 Å². The summed E-state index contributed by atoms with van der Waals surface area (Å²) in [7, 11) is 0. The van der Waals surface area contributed by atoms with Gasteiger partial charge in [-0.1, -0.05) is 33.1 Å². The highest BCUT2D eigenvalue weighted by molar-refractivity contribution is 5.83.